The van der Waals surface area contributed by atoms with Gasteiger partial charge in [0.2, 0.25) is 0 Å². The molecule has 0 saturated carbocycles. The highest BCUT2D eigenvalue weighted by molar-refractivity contribution is 9.10. The van der Waals surface area contributed by atoms with Crippen LogP contribution in [0.2, 0.25) is 0 Å². The maximum Gasteiger partial charge on any atom is 0.256 e. The molecule has 2 aromatic rings. The van der Waals surface area contributed by atoms with Gasteiger partial charge in [0.05, 0.1) is 11.3 Å². The van der Waals surface area contributed by atoms with Crippen LogP contribution in [0.15, 0.2) is 34.8 Å². The number of anilines is 2. The van der Waals surface area contributed by atoms with Gasteiger partial charge in [-0.3, -0.25) is 4.79 Å². The SMILES string of the molecule is Cc1cccc(NC(=O)c2cc(N)c(F)cc2Br)c1C. The Labute approximate surface area is 125 Å². The van der Waals surface area contributed by atoms with Gasteiger partial charge in [-0.05, 0) is 59.1 Å². The van der Waals surface area contributed by atoms with E-state index in [0.717, 1.165) is 16.8 Å². The van der Waals surface area contributed by atoms with Crippen LogP contribution >= 0.6 is 15.9 Å². The van der Waals surface area contributed by atoms with Gasteiger partial charge < -0.3 is 11.1 Å². The average molecular weight is 337 g/mol. The van der Waals surface area contributed by atoms with Gasteiger partial charge >= 0.3 is 0 Å². The Morgan fingerprint density at radius 1 is 1.30 bits per heavy atom. The van der Waals surface area contributed by atoms with E-state index < -0.39 is 5.82 Å². The van der Waals surface area contributed by atoms with Crippen LogP contribution in [-0.4, -0.2) is 5.91 Å². The smallest absolute Gasteiger partial charge is 0.256 e. The second-order valence-electron chi connectivity index (χ2n) is 4.56. The number of carbonyl (C=O) groups is 1. The summed E-state index contributed by atoms with van der Waals surface area (Å²) < 4.78 is 13.6. The van der Waals surface area contributed by atoms with E-state index in [4.69, 9.17) is 5.73 Å². The standard InChI is InChI=1S/C15H14BrFN2O/c1-8-4-3-5-14(9(8)2)19-15(20)10-6-13(18)12(17)7-11(10)16/h3-7H,18H2,1-2H3,(H,19,20). The lowest BCUT2D eigenvalue weighted by Gasteiger charge is -2.12. The summed E-state index contributed by atoms with van der Waals surface area (Å²) in [4.78, 5) is 12.2. The van der Waals surface area contributed by atoms with Gasteiger partial charge in [-0.1, -0.05) is 12.1 Å². The third-order valence-corrected chi connectivity index (χ3v) is 3.84. The van der Waals surface area contributed by atoms with Crippen LogP contribution in [-0.2, 0) is 0 Å². The predicted octanol–water partition coefficient (Wildman–Crippen LogP) is 4.04. The number of nitrogens with two attached hydrogens (primary N) is 1. The second kappa shape index (κ2) is 5.63. The van der Waals surface area contributed by atoms with Gasteiger partial charge in [0.15, 0.2) is 0 Å². The van der Waals surface area contributed by atoms with Crippen LogP contribution in [0, 0.1) is 19.7 Å². The molecule has 0 radical (unpaired) electrons. The van der Waals surface area contributed by atoms with Crippen molar-refractivity contribution in [2.45, 2.75) is 13.8 Å². The normalized spacial score (nSPS) is 10.4. The molecule has 0 aliphatic rings. The highest BCUT2D eigenvalue weighted by Gasteiger charge is 2.14. The third-order valence-electron chi connectivity index (χ3n) is 3.18. The highest BCUT2D eigenvalue weighted by Crippen LogP contribution is 2.25. The lowest BCUT2D eigenvalue weighted by Crippen LogP contribution is -2.14. The average Bonchev–Trinajstić information content (AvgIpc) is 2.39. The number of carbonyl (C=O) groups excluding carboxylic acids is 1. The van der Waals surface area contributed by atoms with Crippen LogP contribution in [0.5, 0.6) is 0 Å². The maximum absolute atomic E-state index is 13.3. The van der Waals surface area contributed by atoms with Crippen molar-refractivity contribution in [2.75, 3.05) is 11.1 Å². The van der Waals surface area contributed by atoms with E-state index in [1.165, 1.54) is 12.1 Å². The Morgan fingerprint density at radius 2 is 2.00 bits per heavy atom. The van der Waals surface area contributed by atoms with Crippen molar-refractivity contribution in [1.29, 1.82) is 0 Å². The Bertz CT molecular complexity index is 686. The molecule has 0 saturated heterocycles. The third kappa shape index (κ3) is 2.82. The number of halogens is 2. The van der Waals surface area contributed by atoms with E-state index in [1.807, 2.05) is 32.0 Å². The number of benzene rings is 2. The summed E-state index contributed by atoms with van der Waals surface area (Å²) in [7, 11) is 0. The number of nitrogen functional groups attached to an aromatic ring is 1. The molecular formula is C15H14BrFN2O. The largest absolute Gasteiger partial charge is 0.396 e. The van der Waals surface area contributed by atoms with Gasteiger partial charge in [0, 0.05) is 10.2 Å². The van der Waals surface area contributed by atoms with Crippen LogP contribution in [0.4, 0.5) is 15.8 Å². The molecular weight excluding hydrogens is 323 g/mol. The van der Waals surface area contributed by atoms with Crippen molar-refractivity contribution in [3.8, 4) is 0 Å². The van der Waals surface area contributed by atoms with Gasteiger partial charge in [-0.15, -0.1) is 0 Å². The first-order chi connectivity index (χ1) is 9.40. The minimum Gasteiger partial charge on any atom is -0.396 e. The first-order valence-electron chi connectivity index (χ1n) is 6.02. The Hall–Kier alpha value is -1.88. The number of nitrogens with one attached hydrogen (secondary N) is 1. The minimum absolute atomic E-state index is 0.0562. The molecule has 1 amide bonds. The molecule has 0 aromatic heterocycles. The second-order valence-corrected chi connectivity index (χ2v) is 5.41. The first-order valence-corrected chi connectivity index (χ1v) is 6.81. The van der Waals surface area contributed by atoms with E-state index >= 15 is 0 Å². The summed E-state index contributed by atoms with van der Waals surface area (Å²) in [6, 6.07) is 8.16. The van der Waals surface area contributed by atoms with E-state index in [9.17, 15) is 9.18 Å². The summed E-state index contributed by atoms with van der Waals surface area (Å²) in [6.45, 7) is 3.90. The van der Waals surface area contributed by atoms with Gasteiger partial charge in [-0.25, -0.2) is 4.39 Å². The molecule has 5 heteroatoms. The first kappa shape index (κ1) is 14.5. The summed E-state index contributed by atoms with van der Waals surface area (Å²) in [5.74, 6) is -0.891. The number of hydrogen-bond donors (Lipinski definition) is 2. The minimum atomic E-state index is -0.555. The van der Waals surface area contributed by atoms with Gasteiger partial charge in [0.1, 0.15) is 5.82 Å². The molecule has 0 unspecified atom stereocenters. The van der Waals surface area contributed by atoms with Crippen LogP contribution in [0.1, 0.15) is 21.5 Å². The topological polar surface area (TPSA) is 55.1 Å². The van der Waals surface area contributed by atoms with Gasteiger partial charge in [-0.2, -0.15) is 0 Å². The van der Waals surface area contributed by atoms with Crippen molar-refractivity contribution in [2.24, 2.45) is 0 Å². The molecule has 0 spiro atoms. The molecule has 0 bridgehead atoms. The van der Waals surface area contributed by atoms with Crippen molar-refractivity contribution in [3.05, 3.63) is 57.3 Å². The molecule has 0 heterocycles. The fraction of sp³-hybridized carbons (Fsp3) is 0.133. The van der Waals surface area contributed by atoms with E-state index in [2.05, 4.69) is 21.2 Å². The number of aryl methyl sites for hydroxylation is 1. The lowest BCUT2D eigenvalue weighted by atomic mass is 10.1. The Morgan fingerprint density at radius 3 is 2.70 bits per heavy atom. The maximum atomic E-state index is 13.3. The van der Waals surface area contributed by atoms with E-state index in [1.54, 1.807) is 0 Å². The number of hydrogen-bond acceptors (Lipinski definition) is 2. The molecule has 0 atom stereocenters. The zero-order chi connectivity index (χ0) is 14.9. The van der Waals surface area contributed by atoms with Crippen molar-refractivity contribution in [1.82, 2.24) is 0 Å². The summed E-state index contributed by atoms with van der Waals surface area (Å²) in [5, 5.41) is 2.81. The quantitative estimate of drug-likeness (QED) is 0.813. The van der Waals surface area contributed by atoms with Crippen LogP contribution in [0.25, 0.3) is 0 Å². The molecule has 20 heavy (non-hydrogen) atoms. The van der Waals surface area contributed by atoms with E-state index in [-0.39, 0.29) is 11.6 Å². The number of amides is 1. The molecule has 2 rings (SSSR count). The van der Waals surface area contributed by atoms with Gasteiger partial charge in [0.25, 0.3) is 5.91 Å². The number of rotatable bonds is 2. The molecule has 0 aliphatic heterocycles. The molecule has 3 N–H and O–H groups in total. The molecule has 3 nitrogen and oxygen atoms in total. The van der Waals surface area contributed by atoms with Crippen LogP contribution in [0.3, 0.4) is 0 Å². The van der Waals surface area contributed by atoms with E-state index in [0.29, 0.717) is 10.0 Å². The molecule has 0 aliphatic carbocycles. The highest BCUT2D eigenvalue weighted by atomic mass is 79.9. The lowest BCUT2D eigenvalue weighted by molar-refractivity contribution is 0.102. The fourth-order valence-electron chi connectivity index (χ4n) is 1.82. The summed E-state index contributed by atoms with van der Waals surface area (Å²) in [6.07, 6.45) is 0. The zero-order valence-corrected chi connectivity index (χ0v) is 12.7. The molecule has 2 aromatic carbocycles. The fourth-order valence-corrected chi connectivity index (χ4v) is 2.31. The van der Waals surface area contributed by atoms with Crippen molar-refractivity contribution >= 4 is 33.2 Å². The molecule has 0 fully saturated rings. The van der Waals surface area contributed by atoms with Crippen molar-refractivity contribution < 1.29 is 9.18 Å². The monoisotopic (exact) mass is 336 g/mol. The van der Waals surface area contributed by atoms with Crippen LogP contribution < -0.4 is 11.1 Å². The zero-order valence-electron chi connectivity index (χ0n) is 11.1. The Balaban J connectivity index is 2.33. The summed E-state index contributed by atoms with van der Waals surface area (Å²) >= 11 is 3.17. The Kier molecular flexibility index (Phi) is 4.09. The summed E-state index contributed by atoms with van der Waals surface area (Å²) in [5.41, 5.74) is 8.54. The predicted molar refractivity (Wildman–Crippen MR) is 82.4 cm³/mol. The molecule has 104 valence electrons. The van der Waals surface area contributed by atoms with Crippen molar-refractivity contribution in [3.63, 3.8) is 0 Å².